The molecule has 0 aromatic rings. The van der Waals surface area contributed by atoms with Crippen molar-refractivity contribution in [3.05, 3.63) is 0 Å². The van der Waals surface area contributed by atoms with Crippen LogP contribution in [0.25, 0.3) is 0 Å². The zero-order chi connectivity index (χ0) is 9.07. The molecule has 0 aliphatic rings. The topological polar surface area (TPSA) is 108 Å². The summed E-state index contributed by atoms with van der Waals surface area (Å²) >= 11 is 0. The number of hydrogen-bond donors (Lipinski definition) is 4. The molecule has 0 fully saturated rings. The molecule has 0 spiro atoms. The van der Waals surface area contributed by atoms with Gasteiger partial charge in [0.2, 0.25) is 0 Å². The van der Waals surface area contributed by atoms with E-state index in [1.165, 1.54) is 6.92 Å². The molecule has 5 N–H and O–H groups in total. The molecule has 2 atom stereocenters. The Hall–Kier alpha value is -0.580. The minimum atomic E-state index is -3.65. The molecule has 7 heteroatoms. The number of rotatable bonds is 3. The van der Waals surface area contributed by atoms with E-state index in [9.17, 15) is 4.57 Å². The lowest BCUT2D eigenvalue weighted by Crippen LogP contribution is -2.37. The second-order valence-corrected chi connectivity index (χ2v) is 4.25. The maximum atomic E-state index is 10.9. The summed E-state index contributed by atoms with van der Waals surface area (Å²) in [5, 5.41) is 9.02. The van der Waals surface area contributed by atoms with Gasteiger partial charge >= 0.3 is 7.60 Å². The van der Waals surface area contributed by atoms with Crippen LogP contribution >= 0.6 is 7.60 Å². The molecular weight excluding hydrogens is 169 g/mol. The van der Waals surface area contributed by atoms with Crippen LogP contribution in [0.3, 0.4) is 0 Å². The van der Waals surface area contributed by atoms with E-state index in [4.69, 9.17) is 16.0 Å². The van der Waals surface area contributed by atoms with Gasteiger partial charge in [-0.3, -0.25) is 9.97 Å². The highest BCUT2D eigenvalue weighted by molar-refractivity contribution is 7.53. The van der Waals surface area contributed by atoms with Crippen LogP contribution in [0.15, 0.2) is 0 Å². The summed E-state index contributed by atoms with van der Waals surface area (Å²) in [6.45, 7) is 1.41. The second-order valence-electron chi connectivity index (χ2n) is 1.98. The lowest BCUT2D eigenvalue weighted by atomic mass is 10.7. The van der Waals surface area contributed by atoms with Crippen LogP contribution in [0, 0.1) is 5.41 Å². The van der Waals surface area contributed by atoms with E-state index in [2.05, 4.69) is 9.84 Å². The fourth-order valence-electron chi connectivity index (χ4n) is 0.465. The molecule has 0 saturated heterocycles. The average Bonchev–Trinajstić information content (AvgIpc) is 1.86. The van der Waals surface area contributed by atoms with Crippen molar-refractivity contribution in [2.75, 3.05) is 7.11 Å². The Labute approximate surface area is 64.8 Å². The minimum absolute atomic E-state index is 0.358. The Balaban J connectivity index is 4.13. The predicted molar refractivity (Wildman–Crippen MR) is 41.3 cm³/mol. The Morgan fingerprint density at radius 3 is 2.64 bits per heavy atom. The molecule has 0 aliphatic carbocycles. The first kappa shape index (κ1) is 10.4. The van der Waals surface area contributed by atoms with Crippen LogP contribution in [-0.4, -0.2) is 23.7 Å². The van der Waals surface area contributed by atoms with Gasteiger partial charge in [-0.25, -0.2) is 0 Å². The van der Waals surface area contributed by atoms with E-state index in [1.807, 2.05) is 0 Å². The van der Waals surface area contributed by atoms with Crippen molar-refractivity contribution in [3.63, 3.8) is 0 Å². The highest BCUT2D eigenvalue weighted by Gasteiger charge is 2.26. The quantitative estimate of drug-likeness (QED) is 0.270. The third kappa shape index (κ3) is 3.36. The highest BCUT2D eigenvalue weighted by atomic mass is 31.2. The first-order valence-electron chi connectivity index (χ1n) is 2.89. The van der Waals surface area contributed by atoms with Gasteiger partial charge in [-0.15, -0.1) is 0 Å². The van der Waals surface area contributed by atoms with Crippen molar-refractivity contribution in [1.29, 1.82) is 5.41 Å². The zero-order valence-corrected chi connectivity index (χ0v) is 7.26. The fourth-order valence-corrected chi connectivity index (χ4v) is 1.08. The molecule has 0 heterocycles. The molecule has 6 nitrogen and oxygen atoms in total. The number of guanidine groups is 1. The monoisotopic (exact) mass is 181 g/mol. The van der Waals surface area contributed by atoms with Crippen molar-refractivity contribution in [1.82, 2.24) is 5.32 Å². The summed E-state index contributed by atoms with van der Waals surface area (Å²) in [5.74, 6) is -1.21. The molecule has 0 aromatic heterocycles. The molecule has 66 valence electrons. The van der Waals surface area contributed by atoms with E-state index in [-0.39, 0.29) is 5.96 Å². The van der Waals surface area contributed by atoms with Gasteiger partial charge in [0.15, 0.2) is 5.96 Å². The van der Waals surface area contributed by atoms with E-state index in [1.54, 1.807) is 0 Å². The standard InChI is InChI=1S/C4H12N3O3P/c1-3(7-4(5)6)11(8,9)10-2/h3H,1-2H3,(H,8,9)(H4,5,6,7). The Bertz CT molecular complexity index is 195. The summed E-state index contributed by atoms with van der Waals surface area (Å²) in [7, 11) is -2.53. The summed E-state index contributed by atoms with van der Waals surface area (Å²) in [6.07, 6.45) is 0. The first-order valence-corrected chi connectivity index (χ1v) is 4.53. The van der Waals surface area contributed by atoms with Crippen molar-refractivity contribution in [2.45, 2.75) is 12.7 Å². The van der Waals surface area contributed by atoms with Crippen LogP contribution in [-0.2, 0) is 9.09 Å². The van der Waals surface area contributed by atoms with Gasteiger partial charge in [0.05, 0.1) is 0 Å². The summed E-state index contributed by atoms with van der Waals surface area (Å²) < 4.78 is 15.2. The van der Waals surface area contributed by atoms with E-state index < -0.39 is 13.4 Å². The normalized spacial score (nSPS) is 18.5. The van der Waals surface area contributed by atoms with Crippen LogP contribution < -0.4 is 11.1 Å². The Kier molecular flexibility index (Phi) is 3.51. The van der Waals surface area contributed by atoms with Crippen molar-refractivity contribution < 1.29 is 14.0 Å². The van der Waals surface area contributed by atoms with Crippen molar-refractivity contribution in [2.24, 2.45) is 5.73 Å². The predicted octanol–water partition coefficient (Wildman–Crippen LogP) is -0.353. The average molecular weight is 181 g/mol. The summed E-state index contributed by atoms with van der Waals surface area (Å²) in [6, 6.07) is 0. The third-order valence-electron chi connectivity index (χ3n) is 1.12. The maximum Gasteiger partial charge on any atom is 0.349 e. The lowest BCUT2D eigenvalue weighted by molar-refractivity contribution is 0.303. The lowest BCUT2D eigenvalue weighted by Gasteiger charge is -2.17. The molecule has 0 radical (unpaired) electrons. The van der Waals surface area contributed by atoms with Gasteiger partial charge in [0.1, 0.15) is 5.78 Å². The highest BCUT2D eigenvalue weighted by Crippen LogP contribution is 2.44. The van der Waals surface area contributed by atoms with Crippen LogP contribution in [0.4, 0.5) is 0 Å². The second kappa shape index (κ2) is 3.71. The molecule has 0 rings (SSSR count). The van der Waals surface area contributed by atoms with Crippen LogP contribution in [0.1, 0.15) is 6.92 Å². The zero-order valence-electron chi connectivity index (χ0n) is 6.37. The van der Waals surface area contributed by atoms with E-state index >= 15 is 0 Å². The van der Waals surface area contributed by atoms with Crippen LogP contribution in [0.5, 0.6) is 0 Å². The maximum absolute atomic E-state index is 10.9. The summed E-state index contributed by atoms with van der Waals surface area (Å²) in [5.41, 5.74) is 4.93. The van der Waals surface area contributed by atoms with Crippen LogP contribution in [0.2, 0.25) is 0 Å². The number of nitrogens with one attached hydrogen (secondary N) is 2. The van der Waals surface area contributed by atoms with Gasteiger partial charge in [0, 0.05) is 7.11 Å². The first-order chi connectivity index (χ1) is 4.90. The molecule has 11 heavy (non-hydrogen) atoms. The number of nitrogens with two attached hydrogens (primary N) is 1. The minimum Gasteiger partial charge on any atom is -0.370 e. The van der Waals surface area contributed by atoms with Crippen molar-refractivity contribution in [3.8, 4) is 0 Å². The largest absolute Gasteiger partial charge is 0.370 e. The number of hydrogen-bond acceptors (Lipinski definition) is 3. The SMILES string of the molecule is COP(=O)(O)C(C)NC(=N)N. The molecule has 0 saturated carbocycles. The van der Waals surface area contributed by atoms with Gasteiger partial charge < -0.3 is 20.5 Å². The van der Waals surface area contributed by atoms with E-state index in [0.29, 0.717) is 0 Å². The van der Waals surface area contributed by atoms with Gasteiger partial charge in [-0.05, 0) is 6.92 Å². The smallest absolute Gasteiger partial charge is 0.349 e. The van der Waals surface area contributed by atoms with E-state index in [0.717, 1.165) is 7.11 Å². The molecule has 0 aliphatic heterocycles. The summed E-state index contributed by atoms with van der Waals surface area (Å²) in [4.78, 5) is 8.96. The van der Waals surface area contributed by atoms with Crippen molar-refractivity contribution >= 4 is 13.6 Å². The molecule has 0 bridgehead atoms. The Morgan fingerprint density at radius 2 is 2.36 bits per heavy atom. The molecular formula is C4H12N3O3P. The Morgan fingerprint density at radius 1 is 1.91 bits per heavy atom. The third-order valence-corrected chi connectivity index (χ3v) is 2.75. The molecule has 0 amide bonds. The fraction of sp³-hybridized carbons (Fsp3) is 0.750. The molecule has 2 unspecified atom stereocenters. The van der Waals surface area contributed by atoms with Gasteiger partial charge in [0.25, 0.3) is 0 Å². The molecule has 0 aromatic carbocycles. The van der Waals surface area contributed by atoms with Gasteiger partial charge in [-0.1, -0.05) is 0 Å². The van der Waals surface area contributed by atoms with Gasteiger partial charge in [-0.2, -0.15) is 0 Å².